The lowest BCUT2D eigenvalue weighted by Gasteiger charge is -2.07. The summed E-state index contributed by atoms with van der Waals surface area (Å²) in [6.45, 7) is 0. The lowest BCUT2D eigenvalue weighted by Crippen LogP contribution is -2.13. The molecule has 0 bridgehead atoms. The molecule has 8 nitrogen and oxygen atoms in total. The van der Waals surface area contributed by atoms with Crippen molar-refractivity contribution in [2.75, 3.05) is 10.6 Å². The number of amides is 4. The van der Waals surface area contributed by atoms with E-state index in [0.29, 0.717) is 35.3 Å². The summed E-state index contributed by atoms with van der Waals surface area (Å²) in [5, 5.41) is 5.58. The van der Waals surface area contributed by atoms with E-state index in [1.54, 1.807) is 48.5 Å². The number of nitrogens with two attached hydrogens (primary N) is 2. The summed E-state index contributed by atoms with van der Waals surface area (Å²) in [5.41, 5.74) is 12.4. The molecular formula is C23H28N4O4. The van der Waals surface area contributed by atoms with Crippen LogP contribution in [-0.4, -0.2) is 23.6 Å². The number of hydrogen-bond acceptors (Lipinski definition) is 4. The molecule has 0 heterocycles. The molecule has 0 radical (unpaired) electrons. The van der Waals surface area contributed by atoms with E-state index >= 15 is 0 Å². The molecule has 2 rings (SSSR count). The van der Waals surface area contributed by atoms with E-state index in [1.807, 2.05) is 0 Å². The zero-order chi connectivity index (χ0) is 22.6. The van der Waals surface area contributed by atoms with Crippen molar-refractivity contribution in [1.82, 2.24) is 0 Å². The minimum absolute atomic E-state index is 0.0754. The maximum absolute atomic E-state index is 12.0. The fraction of sp³-hybridized carbons (Fsp3) is 0.304. The molecule has 2 aromatic rings. The van der Waals surface area contributed by atoms with Crippen LogP contribution < -0.4 is 22.1 Å². The molecule has 0 aromatic heterocycles. The highest BCUT2D eigenvalue weighted by atomic mass is 16.2. The summed E-state index contributed by atoms with van der Waals surface area (Å²) in [5.74, 6) is -1.16. The Kier molecular flexibility index (Phi) is 9.22. The van der Waals surface area contributed by atoms with Crippen LogP contribution in [-0.2, 0) is 9.59 Å². The molecule has 0 saturated carbocycles. The second-order valence-corrected chi connectivity index (χ2v) is 7.25. The number of rotatable bonds is 12. The number of unbranched alkanes of at least 4 members (excludes halogenated alkanes) is 4. The van der Waals surface area contributed by atoms with Gasteiger partial charge in [-0.05, 0) is 61.4 Å². The molecule has 31 heavy (non-hydrogen) atoms. The number of carbonyl (C=O) groups excluding carboxylic acids is 4. The van der Waals surface area contributed by atoms with E-state index < -0.39 is 11.8 Å². The molecule has 6 N–H and O–H groups in total. The lowest BCUT2D eigenvalue weighted by atomic mass is 10.1. The third-order valence-electron chi connectivity index (χ3n) is 4.71. The van der Waals surface area contributed by atoms with Crippen LogP contribution in [0.4, 0.5) is 11.4 Å². The first-order chi connectivity index (χ1) is 14.8. The largest absolute Gasteiger partial charge is 0.366 e. The number of hydrogen-bond donors (Lipinski definition) is 4. The second-order valence-electron chi connectivity index (χ2n) is 7.25. The fourth-order valence-electron chi connectivity index (χ4n) is 2.98. The van der Waals surface area contributed by atoms with E-state index in [9.17, 15) is 19.2 Å². The molecule has 0 saturated heterocycles. The van der Waals surface area contributed by atoms with Crippen LogP contribution in [0.15, 0.2) is 48.5 Å². The van der Waals surface area contributed by atoms with Crippen molar-refractivity contribution in [1.29, 1.82) is 0 Å². The molecule has 2 aromatic carbocycles. The van der Waals surface area contributed by atoms with Crippen molar-refractivity contribution >= 4 is 35.0 Å². The van der Waals surface area contributed by atoms with Gasteiger partial charge >= 0.3 is 0 Å². The van der Waals surface area contributed by atoms with Gasteiger partial charge in [0, 0.05) is 35.3 Å². The average molecular weight is 425 g/mol. The van der Waals surface area contributed by atoms with Gasteiger partial charge in [-0.3, -0.25) is 19.2 Å². The summed E-state index contributed by atoms with van der Waals surface area (Å²) in [6, 6.07) is 12.9. The Morgan fingerprint density at radius 3 is 1.19 bits per heavy atom. The zero-order valence-electron chi connectivity index (χ0n) is 17.4. The molecule has 0 unspecified atom stereocenters. The zero-order valence-corrected chi connectivity index (χ0v) is 17.4. The SMILES string of the molecule is NC(=O)c1ccc(NC(=O)CCCCCCCC(=O)Nc2ccc(C(N)=O)cc2)cc1. The van der Waals surface area contributed by atoms with Gasteiger partial charge < -0.3 is 22.1 Å². The predicted molar refractivity (Wildman–Crippen MR) is 119 cm³/mol. The van der Waals surface area contributed by atoms with Crippen molar-refractivity contribution in [3.63, 3.8) is 0 Å². The molecule has 164 valence electrons. The summed E-state index contributed by atoms with van der Waals surface area (Å²) >= 11 is 0. The van der Waals surface area contributed by atoms with Gasteiger partial charge in [0.25, 0.3) is 0 Å². The molecule has 0 aliphatic heterocycles. The highest BCUT2D eigenvalue weighted by Crippen LogP contribution is 2.13. The molecule has 8 heteroatoms. The van der Waals surface area contributed by atoms with Crippen molar-refractivity contribution in [3.8, 4) is 0 Å². The molecule has 4 amide bonds. The molecule has 0 aliphatic carbocycles. The van der Waals surface area contributed by atoms with Gasteiger partial charge in [-0.25, -0.2) is 0 Å². The quantitative estimate of drug-likeness (QED) is 0.388. The number of primary amides is 2. The highest BCUT2D eigenvalue weighted by molar-refractivity contribution is 5.95. The monoisotopic (exact) mass is 424 g/mol. The number of benzene rings is 2. The average Bonchev–Trinajstić information content (AvgIpc) is 2.73. The van der Waals surface area contributed by atoms with E-state index in [4.69, 9.17) is 11.5 Å². The Balaban J connectivity index is 1.53. The van der Waals surface area contributed by atoms with Crippen LogP contribution in [0.2, 0.25) is 0 Å². The Morgan fingerprint density at radius 1 is 0.548 bits per heavy atom. The van der Waals surface area contributed by atoms with Crippen LogP contribution in [0, 0.1) is 0 Å². The minimum Gasteiger partial charge on any atom is -0.366 e. The van der Waals surface area contributed by atoms with Gasteiger partial charge in [0.1, 0.15) is 0 Å². The van der Waals surface area contributed by atoms with E-state index in [0.717, 1.165) is 32.1 Å². The Hall–Kier alpha value is -3.68. The third kappa shape index (κ3) is 8.69. The smallest absolute Gasteiger partial charge is 0.248 e. The van der Waals surface area contributed by atoms with Gasteiger partial charge in [-0.1, -0.05) is 19.3 Å². The van der Waals surface area contributed by atoms with Crippen LogP contribution in [0.1, 0.15) is 65.7 Å². The van der Waals surface area contributed by atoms with Gasteiger partial charge in [0.2, 0.25) is 23.6 Å². The van der Waals surface area contributed by atoms with E-state index in [2.05, 4.69) is 10.6 Å². The Labute approximate surface area is 181 Å². The topological polar surface area (TPSA) is 144 Å². The van der Waals surface area contributed by atoms with Crippen LogP contribution in [0.5, 0.6) is 0 Å². The summed E-state index contributed by atoms with van der Waals surface area (Å²) in [7, 11) is 0. The fourth-order valence-corrected chi connectivity index (χ4v) is 2.98. The first-order valence-electron chi connectivity index (χ1n) is 10.2. The Bertz CT molecular complexity index is 833. The number of nitrogens with one attached hydrogen (secondary N) is 2. The molecule has 0 aliphatic rings. The second kappa shape index (κ2) is 12.1. The molecular weight excluding hydrogens is 396 g/mol. The van der Waals surface area contributed by atoms with Crippen LogP contribution >= 0.6 is 0 Å². The number of anilines is 2. The maximum Gasteiger partial charge on any atom is 0.248 e. The number of carbonyl (C=O) groups is 4. The first kappa shape index (κ1) is 23.6. The summed E-state index contributed by atoms with van der Waals surface area (Å²) in [4.78, 5) is 46.0. The van der Waals surface area contributed by atoms with Crippen LogP contribution in [0.3, 0.4) is 0 Å². The molecule has 0 fully saturated rings. The van der Waals surface area contributed by atoms with Crippen molar-refractivity contribution in [3.05, 3.63) is 59.7 Å². The van der Waals surface area contributed by atoms with E-state index in [-0.39, 0.29) is 11.8 Å². The highest BCUT2D eigenvalue weighted by Gasteiger charge is 2.06. The van der Waals surface area contributed by atoms with Crippen molar-refractivity contribution in [2.24, 2.45) is 11.5 Å². The first-order valence-corrected chi connectivity index (χ1v) is 10.2. The van der Waals surface area contributed by atoms with E-state index in [1.165, 1.54) is 0 Å². The van der Waals surface area contributed by atoms with Crippen molar-refractivity contribution in [2.45, 2.75) is 44.9 Å². The predicted octanol–water partition coefficient (Wildman–Crippen LogP) is 3.19. The minimum atomic E-state index is -0.505. The molecule has 0 spiro atoms. The summed E-state index contributed by atoms with van der Waals surface area (Å²) in [6.07, 6.45) is 5.13. The standard InChI is InChI=1S/C23H28N4O4/c24-22(30)16-8-12-18(13-9-16)26-20(28)6-4-2-1-3-5-7-21(29)27-19-14-10-17(11-15-19)23(25)31/h8-15H,1-7H2,(H2,24,30)(H2,25,31)(H,26,28)(H,27,29). The molecule has 0 atom stereocenters. The normalized spacial score (nSPS) is 10.3. The van der Waals surface area contributed by atoms with Gasteiger partial charge in [-0.15, -0.1) is 0 Å². The van der Waals surface area contributed by atoms with Gasteiger partial charge in [-0.2, -0.15) is 0 Å². The van der Waals surface area contributed by atoms with Crippen LogP contribution in [0.25, 0.3) is 0 Å². The Morgan fingerprint density at radius 2 is 0.871 bits per heavy atom. The van der Waals surface area contributed by atoms with Crippen molar-refractivity contribution < 1.29 is 19.2 Å². The third-order valence-corrected chi connectivity index (χ3v) is 4.71. The lowest BCUT2D eigenvalue weighted by molar-refractivity contribution is -0.117. The summed E-state index contributed by atoms with van der Waals surface area (Å²) < 4.78 is 0. The van der Waals surface area contributed by atoms with Gasteiger partial charge in [0.05, 0.1) is 0 Å². The van der Waals surface area contributed by atoms with Gasteiger partial charge in [0.15, 0.2) is 0 Å². The maximum atomic E-state index is 12.0.